The highest BCUT2D eigenvalue weighted by molar-refractivity contribution is 5.89. The zero-order chi connectivity index (χ0) is 23.4. The van der Waals surface area contributed by atoms with Crippen LogP contribution in [0.4, 0.5) is 14.9 Å². The average Bonchev–Trinajstić information content (AvgIpc) is 3.33. The number of H-pyrrole nitrogens is 1. The van der Waals surface area contributed by atoms with E-state index in [4.69, 9.17) is 14.2 Å². The molecule has 2 aromatic carbocycles. The molecule has 1 atom stereocenters. The van der Waals surface area contributed by atoms with E-state index < -0.39 is 6.03 Å². The molecule has 33 heavy (non-hydrogen) atoms. The van der Waals surface area contributed by atoms with E-state index in [1.807, 2.05) is 0 Å². The van der Waals surface area contributed by atoms with E-state index in [9.17, 15) is 14.0 Å². The molecule has 1 saturated heterocycles. The van der Waals surface area contributed by atoms with Gasteiger partial charge in [0.2, 0.25) is 0 Å². The Balaban J connectivity index is 1.62. The first kappa shape index (κ1) is 22.6. The minimum atomic E-state index is -0.399. The maximum atomic E-state index is 13.2. The highest BCUT2D eigenvalue weighted by Gasteiger charge is 2.24. The Morgan fingerprint density at radius 1 is 1.18 bits per heavy atom. The van der Waals surface area contributed by atoms with Crippen LogP contribution in [0.25, 0.3) is 10.9 Å². The summed E-state index contributed by atoms with van der Waals surface area (Å²) in [6.45, 7) is 1.05. The molecule has 0 aliphatic carbocycles. The highest BCUT2D eigenvalue weighted by Crippen LogP contribution is 2.31. The van der Waals surface area contributed by atoms with Gasteiger partial charge in [0.05, 0.1) is 32.4 Å². The lowest BCUT2D eigenvalue weighted by Crippen LogP contribution is -2.40. The number of aromatic amines is 1. The van der Waals surface area contributed by atoms with Crippen molar-refractivity contribution < 1.29 is 23.4 Å². The minimum absolute atomic E-state index is 0.0759. The fourth-order valence-corrected chi connectivity index (χ4v) is 3.89. The number of carbonyl (C=O) groups excluding carboxylic acids is 1. The summed E-state index contributed by atoms with van der Waals surface area (Å²) >= 11 is 0. The Labute approximate surface area is 190 Å². The number of anilines is 1. The first-order valence-corrected chi connectivity index (χ1v) is 10.7. The van der Waals surface area contributed by atoms with Crippen molar-refractivity contribution in [1.82, 2.24) is 9.88 Å². The predicted octanol–water partition coefficient (Wildman–Crippen LogP) is 3.90. The average molecular weight is 455 g/mol. The molecule has 9 heteroatoms. The Hall–Kier alpha value is -3.59. The first-order valence-electron chi connectivity index (χ1n) is 10.7. The van der Waals surface area contributed by atoms with Crippen LogP contribution < -0.4 is 20.3 Å². The monoisotopic (exact) mass is 455 g/mol. The number of amides is 2. The molecule has 8 nitrogen and oxygen atoms in total. The van der Waals surface area contributed by atoms with Crippen molar-refractivity contribution in [2.75, 3.05) is 32.7 Å². The SMILES string of the molecule is COc1cc2cc(CN(C[C@H]3CCCO3)C(=O)Nc3ccc(F)cc3)c(=O)[nH]c2cc1OC. The molecule has 2 N–H and O–H groups in total. The molecule has 2 heterocycles. The van der Waals surface area contributed by atoms with E-state index in [2.05, 4.69) is 10.3 Å². The van der Waals surface area contributed by atoms with Gasteiger partial charge in [0.25, 0.3) is 5.56 Å². The number of carbonyl (C=O) groups is 1. The topological polar surface area (TPSA) is 92.9 Å². The molecule has 1 aromatic heterocycles. The van der Waals surface area contributed by atoms with Gasteiger partial charge < -0.3 is 29.4 Å². The lowest BCUT2D eigenvalue weighted by molar-refractivity contribution is 0.0818. The maximum absolute atomic E-state index is 13.2. The maximum Gasteiger partial charge on any atom is 0.322 e. The van der Waals surface area contributed by atoms with E-state index in [1.165, 1.54) is 36.3 Å². The normalized spacial score (nSPS) is 15.4. The van der Waals surface area contributed by atoms with Crippen LogP contribution in [0.2, 0.25) is 0 Å². The fraction of sp³-hybridized carbons (Fsp3) is 0.333. The lowest BCUT2D eigenvalue weighted by Gasteiger charge is -2.26. The second-order valence-electron chi connectivity index (χ2n) is 7.87. The van der Waals surface area contributed by atoms with Crippen molar-refractivity contribution in [2.45, 2.75) is 25.5 Å². The number of methoxy groups -OCH3 is 2. The van der Waals surface area contributed by atoms with E-state index in [1.54, 1.807) is 25.3 Å². The lowest BCUT2D eigenvalue weighted by atomic mass is 10.1. The number of ether oxygens (including phenoxy) is 3. The molecule has 1 aliphatic heterocycles. The molecule has 174 valence electrons. The van der Waals surface area contributed by atoms with E-state index in [0.29, 0.717) is 41.4 Å². The Bertz CT molecular complexity index is 1190. The number of aromatic nitrogens is 1. The largest absolute Gasteiger partial charge is 0.493 e. The first-order chi connectivity index (χ1) is 16.0. The van der Waals surface area contributed by atoms with Crippen LogP contribution >= 0.6 is 0 Å². The van der Waals surface area contributed by atoms with E-state index in [0.717, 1.165) is 18.2 Å². The predicted molar refractivity (Wildman–Crippen MR) is 122 cm³/mol. The fourth-order valence-electron chi connectivity index (χ4n) is 3.89. The molecule has 3 aromatic rings. The van der Waals surface area contributed by atoms with Crippen LogP contribution in [0.3, 0.4) is 0 Å². The van der Waals surface area contributed by atoms with Gasteiger partial charge in [0.15, 0.2) is 11.5 Å². The minimum Gasteiger partial charge on any atom is -0.493 e. The summed E-state index contributed by atoms with van der Waals surface area (Å²) in [7, 11) is 3.07. The molecular weight excluding hydrogens is 429 g/mol. The van der Waals surface area contributed by atoms with Gasteiger partial charge in [-0.1, -0.05) is 0 Å². The number of pyridine rings is 1. The molecule has 0 unspecified atom stereocenters. The third kappa shape index (κ3) is 5.25. The standard InChI is InChI=1S/C24H26FN3O5/c1-31-21-11-15-10-16(23(29)27-20(15)12-22(21)32-2)13-28(14-19-4-3-9-33-19)24(30)26-18-7-5-17(25)6-8-18/h5-8,10-12,19H,3-4,9,13-14H2,1-2H3,(H,26,30)(H,27,29)/t19-/m1/s1. The van der Waals surface area contributed by atoms with Crippen molar-refractivity contribution in [3.63, 3.8) is 0 Å². The van der Waals surface area contributed by atoms with Gasteiger partial charge in [-0.3, -0.25) is 4.79 Å². The van der Waals surface area contributed by atoms with Crippen molar-refractivity contribution >= 4 is 22.6 Å². The van der Waals surface area contributed by atoms with Gasteiger partial charge in [-0.25, -0.2) is 9.18 Å². The number of halogens is 1. The molecule has 0 saturated carbocycles. The van der Waals surface area contributed by atoms with Crippen molar-refractivity contribution in [3.05, 3.63) is 64.2 Å². The number of hydrogen-bond donors (Lipinski definition) is 2. The quantitative estimate of drug-likeness (QED) is 0.564. The van der Waals surface area contributed by atoms with Crippen LogP contribution in [0, 0.1) is 5.82 Å². The third-order valence-corrected chi connectivity index (χ3v) is 5.62. The van der Waals surface area contributed by atoms with E-state index >= 15 is 0 Å². The van der Waals surface area contributed by atoms with Gasteiger partial charge >= 0.3 is 6.03 Å². The number of rotatable bonds is 7. The van der Waals surface area contributed by atoms with Gasteiger partial charge in [0, 0.05) is 35.9 Å². The van der Waals surface area contributed by atoms with E-state index in [-0.39, 0.29) is 24.0 Å². The summed E-state index contributed by atoms with van der Waals surface area (Å²) in [6, 6.07) is 10.3. The summed E-state index contributed by atoms with van der Waals surface area (Å²) in [5, 5.41) is 3.52. The van der Waals surface area contributed by atoms with Crippen molar-refractivity contribution in [2.24, 2.45) is 0 Å². The molecule has 0 radical (unpaired) electrons. The number of urea groups is 1. The van der Waals surface area contributed by atoms with Crippen LogP contribution in [-0.4, -0.2) is 49.4 Å². The summed E-state index contributed by atoms with van der Waals surface area (Å²) in [4.78, 5) is 30.3. The number of hydrogen-bond acceptors (Lipinski definition) is 5. The van der Waals surface area contributed by atoms with Crippen LogP contribution in [0.5, 0.6) is 11.5 Å². The second kappa shape index (κ2) is 9.91. The number of nitrogens with zero attached hydrogens (tertiary/aromatic N) is 1. The molecule has 1 aliphatic rings. The van der Waals surface area contributed by atoms with Gasteiger partial charge in [-0.2, -0.15) is 0 Å². The van der Waals surface area contributed by atoms with Gasteiger partial charge in [0.1, 0.15) is 5.82 Å². The van der Waals surface area contributed by atoms with Crippen molar-refractivity contribution in [3.8, 4) is 11.5 Å². The number of fused-ring (bicyclic) bond motifs is 1. The Morgan fingerprint density at radius 3 is 2.58 bits per heavy atom. The summed E-state index contributed by atoms with van der Waals surface area (Å²) in [5.41, 5.74) is 1.18. The molecular formula is C24H26FN3O5. The van der Waals surface area contributed by atoms with Crippen LogP contribution in [-0.2, 0) is 11.3 Å². The Kier molecular flexibility index (Phi) is 6.79. The molecule has 2 amide bonds. The number of nitrogens with one attached hydrogen (secondary N) is 2. The highest BCUT2D eigenvalue weighted by atomic mass is 19.1. The molecule has 0 spiro atoms. The van der Waals surface area contributed by atoms with Crippen LogP contribution in [0.1, 0.15) is 18.4 Å². The van der Waals surface area contributed by atoms with Crippen LogP contribution in [0.15, 0.2) is 47.3 Å². The Morgan fingerprint density at radius 2 is 1.91 bits per heavy atom. The van der Waals surface area contributed by atoms with Gasteiger partial charge in [-0.05, 0) is 49.2 Å². The second-order valence-corrected chi connectivity index (χ2v) is 7.87. The van der Waals surface area contributed by atoms with Crippen molar-refractivity contribution in [1.29, 1.82) is 0 Å². The molecule has 4 rings (SSSR count). The summed E-state index contributed by atoms with van der Waals surface area (Å²) in [6.07, 6.45) is 1.66. The summed E-state index contributed by atoms with van der Waals surface area (Å²) in [5.74, 6) is 0.652. The smallest absolute Gasteiger partial charge is 0.322 e. The molecule has 0 bridgehead atoms. The zero-order valence-electron chi connectivity index (χ0n) is 18.5. The van der Waals surface area contributed by atoms with Gasteiger partial charge in [-0.15, -0.1) is 0 Å². The molecule has 1 fully saturated rings. The zero-order valence-corrected chi connectivity index (χ0v) is 18.5. The number of benzene rings is 2. The third-order valence-electron chi connectivity index (χ3n) is 5.62. The summed E-state index contributed by atoms with van der Waals surface area (Å²) < 4.78 is 29.6.